The number of H-pyrrole nitrogens is 1. The highest BCUT2D eigenvalue weighted by Crippen LogP contribution is 2.25. The van der Waals surface area contributed by atoms with Crippen molar-refractivity contribution in [3.8, 4) is 0 Å². The molecule has 1 aliphatic carbocycles. The fourth-order valence-electron chi connectivity index (χ4n) is 4.52. The lowest BCUT2D eigenvalue weighted by Gasteiger charge is -2.26. The predicted octanol–water partition coefficient (Wildman–Crippen LogP) is 3.16. The third-order valence-electron chi connectivity index (χ3n) is 6.20. The number of hydrogen-bond donors (Lipinski definition) is 2. The third kappa shape index (κ3) is 4.44. The van der Waals surface area contributed by atoms with Gasteiger partial charge in [0.25, 0.3) is 5.91 Å². The summed E-state index contributed by atoms with van der Waals surface area (Å²) in [5.41, 5.74) is 0.319. The summed E-state index contributed by atoms with van der Waals surface area (Å²) in [4.78, 5) is 28.0. The Morgan fingerprint density at radius 2 is 1.63 bits per heavy atom. The number of carbonyl (C=O) groups is 1. The van der Waals surface area contributed by atoms with Crippen LogP contribution in [0.15, 0.2) is 34.0 Å². The van der Waals surface area contributed by atoms with Crippen LogP contribution in [0.1, 0.15) is 68.1 Å². The molecule has 0 atom stereocenters. The van der Waals surface area contributed by atoms with Crippen molar-refractivity contribution >= 4 is 26.8 Å². The van der Waals surface area contributed by atoms with Crippen molar-refractivity contribution in [2.75, 3.05) is 13.1 Å². The second-order valence-electron chi connectivity index (χ2n) is 8.38. The molecular formula is C22H29N3O4S. The number of carbonyl (C=O) groups excluding carboxylic acids is 1. The van der Waals surface area contributed by atoms with Crippen LogP contribution >= 0.6 is 0 Å². The smallest absolute Gasteiger partial charge is 0.252 e. The number of fused-ring (bicyclic) bond motifs is 1. The average molecular weight is 432 g/mol. The van der Waals surface area contributed by atoms with E-state index in [9.17, 15) is 18.0 Å². The average Bonchev–Trinajstić information content (AvgIpc) is 3.02. The lowest BCUT2D eigenvalue weighted by atomic mass is 10.1. The highest BCUT2D eigenvalue weighted by atomic mass is 32.2. The summed E-state index contributed by atoms with van der Waals surface area (Å²) in [6, 6.07) is 5.98. The Morgan fingerprint density at radius 3 is 2.33 bits per heavy atom. The van der Waals surface area contributed by atoms with Gasteiger partial charge in [-0.3, -0.25) is 9.59 Å². The van der Waals surface area contributed by atoms with Crippen LogP contribution < -0.4 is 10.9 Å². The Kier molecular flexibility index (Phi) is 6.24. The second-order valence-corrected chi connectivity index (χ2v) is 10.3. The number of hydrogen-bond acceptors (Lipinski definition) is 4. The molecule has 1 amide bonds. The van der Waals surface area contributed by atoms with E-state index in [2.05, 4.69) is 10.3 Å². The van der Waals surface area contributed by atoms with Crippen LogP contribution in [0.3, 0.4) is 0 Å². The van der Waals surface area contributed by atoms with Gasteiger partial charge in [-0.2, -0.15) is 4.31 Å². The standard InChI is InChI=1S/C22H29N3O4S/c26-21-15-19(22(27)23-16-8-4-1-2-5-9-16)18-14-17(10-11-20(18)24-21)30(28,29)25-12-6-3-7-13-25/h10-11,14-16H,1-9,12-13H2,(H,23,27)(H,24,26). The molecule has 2 fully saturated rings. The Labute approximate surface area is 176 Å². The van der Waals surface area contributed by atoms with Crippen LogP contribution in [0.5, 0.6) is 0 Å². The number of benzene rings is 1. The zero-order valence-corrected chi connectivity index (χ0v) is 18.0. The fraction of sp³-hybridized carbons (Fsp3) is 0.545. The Morgan fingerprint density at radius 1 is 0.967 bits per heavy atom. The van der Waals surface area contributed by atoms with Gasteiger partial charge in [0.2, 0.25) is 15.6 Å². The summed E-state index contributed by atoms with van der Waals surface area (Å²) in [6.45, 7) is 1.03. The van der Waals surface area contributed by atoms with Gasteiger partial charge in [-0.1, -0.05) is 32.1 Å². The molecule has 4 rings (SSSR count). The van der Waals surface area contributed by atoms with E-state index < -0.39 is 10.0 Å². The van der Waals surface area contributed by atoms with E-state index in [0.717, 1.165) is 44.9 Å². The van der Waals surface area contributed by atoms with E-state index in [0.29, 0.717) is 24.0 Å². The van der Waals surface area contributed by atoms with Crippen molar-refractivity contribution < 1.29 is 13.2 Å². The molecule has 2 aliphatic rings. The Bertz CT molecular complexity index is 1080. The van der Waals surface area contributed by atoms with Crippen molar-refractivity contribution in [3.63, 3.8) is 0 Å². The highest BCUT2D eigenvalue weighted by Gasteiger charge is 2.27. The van der Waals surface area contributed by atoms with Crippen LogP contribution in [0.2, 0.25) is 0 Å². The number of aromatic amines is 1. The molecule has 8 heteroatoms. The van der Waals surface area contributed by atoms with Gasteiger partial charge in [-0.15, -0.1) is 0 Å². The number of sulfonamides is 1. The van der Waals surface area contributed by atoms with Gasteiger partial charge in [-0.05, 0) is 43.9 Å². The molecule has 7 nitrogen and oxygen atoms in total. The lowest BCUT2D eigenvalue weighted by Crippen LogP contribution is -2.36. The van der Waals surface area contributed by atoms with Crippen molar-refractivity contribution in [2.24, 2.45) is 0 Å². The molecule has 1 saturated heterocycles. The number of rotatable bonds is 4. The van der Waals surface area contributed by atoms with Gasteiger partial charge in [0, 0.05) is 36.1 Å². The van der Waals surface area contributed by atoms with E-state index in [1.807, 2.05) is 0 Å². The van der Waals surface area contributed by atoms with Crippen LogP contribution in [0.4, 0.5) is 0 Å². The molecule has 1 aliphatic heterocycles. The largest absolute Gasteiger partial charge is 0.349 e. The number of pyridine rings is 1. The van der Waals surface area contributed by atoms with Crippen molar-refractivity contribution in [1.29, 1.82) is 0 Å². The quantitative estimate of drug-likeness (QED) is 0.727. The molecule has 2 aromatic rings. The number of piperidine rings is 1. The number of amides is 1. The van der Waals surface area contributed by atoms with E-state index >= 15 is 0 Å². The van der Waals surface area contributed by atoms with E-state index in [1.54, 1.807) is 6.07 Å². The summed E-state index contributed by atoms with van der Waals surface area (Å²) in [5, 5.41) is 3.52. The van der Waals surface area contributed by atoms with E-state index in [1.165, 1.54) is 35.3 Å². The summed E-state index contributed by atoms with van der Waals surface area (Å²) >= 11 is 0. The molecule has 162 valence electrons. The monoisotopic (exact) mass is 431 g/mol. The van der Waals surface area contributed by atoms with Gasteiger partial charge >= 0.3 is 0 Å². The molecule has 2 N–H and O–H groups in total. The van der Waals surface area contributed by atoms with Crippen molar-refractivity contribution in [3.05, 3.63) is 40.2 Å². The number of aromatic nitrogens is 1. The van der Waals surface area contributed by atoms with Gasteiger partial charge in [-0.25, -0.2) is 8.42 Å². The first kappa shape index (κ1) is 21.1. The van der Waals surface area contributed by atoms with Crippen molar-refractivity contribution in [1.82, 2.24) is 14.6 Å². The SMILES string of the molecule is O=C(NC1CCCCCC1)c1cc(=O)[nH]c2ccc(S(=O)(=O)N3CCCCC3)cc12. The highest BCUT2D eigenvalue weighted by molar-refractivity contribution is 7.89. The summed E-state index contributed by atoms with van der Waals surface area (Å²) in [7, 11) is -3.63. The van der Waals surface area contributed by atoms with Gasteiger partial charge < -0.3 is 10.3 Å². The fourth-order valence-corrected chi connectivity index (χ4v) is 6.07. The summed E-state index contributed by atoms with van der Waals surface area (Å²) in [6.07, 6.45) is 9.14. The lowest BCUT2D eigenvalue weighted by molar-refractivity contribution is 0.0935. The molecule has 0 spiro atoms. The molecular weight excluding hydrogens is 402 g/mol. The van der Waals surface area contributed by atoms with Gasteiger partial charge in [0.1, 0.15) is 0 Å². The molecule has 0 bridgehead atoms. The molecule has 30 heavy (non-hydrogen) atoms. The molecule has 0 radical (unpaired) electrons. The van der Waals surface area contributed by atoms with E-state index in [-0.39, 0.29) is 28.0 Å². The van der Waals surface area contributed by atoms with Gasteiger partial charge in [0.05, 0.1) is 10.5 Å². The summed E-state index contributed by atoms with van der Waals surface area (Å²) in [5.74, 6) is -0.314. The van der Waals surface area contributed by atoms with Gasteiger partial charge in [0.15, 0.2) is 0 Å². The zero-order valence-electron chi connectivity index (χ0n) is 17.2. The minimum absolute atomic E-state index is 0.0922. The zero-order chi connectivity index (χ0) is 21.1. The maximum atomic E-state index is 13.1. The second kappa shape index (κ2) is 8.89. The third-order valence-corrected chi connectivity index (χ3v) is 8.10. The minimum atomic E-state index is -3.63. The first-order chi connectivity index (χ1) is 14.4. The maximum absolute atomic E-state index is 13.1. The minimum Gasteiger partial charge on any atom is -0.349 e. The Hall–Kier alpha value is -2.19. The van der Waals surface area contributed by atoms with Crippen LogP contribution in [-0.4, -0.2) is 42.7 Å². The summed E-state index contributed by atoms with van der Waals surface area (Å²) < 4.78 is 27.7. The van der Waals surface area contributed by atoms with Crippen LogP contribution in [0, 0.1) is 0 Å². The van der Waals surface area contributed by atoms with Crippen LogP contribution in [0.25, 0.3) is 10.9 Å². The van der Waals surface area contributed by atoms with Crippen molar-refractivity contribution in [2.45, 2.75) is 68.7 Å². The molecule has 1 aromatic carbocycles. The topological polar surface area (TPSA) is 99.3 Å². The maximum Gasteiger partial charge on any atom is 0.252 e. The van der Waals surface area contributed by atoms with Crippen LogP contribution in [-0.2, 0) is 10.0 Å². The van der Waals surface area contributed by atoms with E-state index in [4.69, 9.17) is 0 Å². The first-order valence-electron chi connectivity index (χ1n) is 10.9. The number of nitrogens with zero attached hydrogens (tertiary/aromatic N) is 1. The molecule has 1 aromatic heterocycles. The number of nitrogens with one attached hydrogen (secondary N) is 2. The molecule has 2 heterocycles. The normalized spacial score (nSPS) is 19.5. The first-order valence-corrected chi connectivity index (χ1v) is 12.4. The predicted molar refractivity (Wildman–Crippen MR) is 116 cm³/mol. The molecule has 0 unspecified atom stereocenters. The Balaban J connectivity index is 1.69. The molecule has 1 saturated carbocycles.